The summed E-state index contributed by atoms with van der Waals surface area (Å²) in [6.07, 6.45) is 0. The van der Waals surface area contributed by atoms with Crippen molar-refractivity contribution < 1.29 is 9.59 Å². The molecule has 1 heterocycles. The number of hydrogen-bond donors (Lipinski definition) is 2. The van der Waals surface area contributed by atoms with Crippen molar-refractivity contribution in [1.82, 2.24) is 10.6 Å². The zero-order chi connectivity index (χ0) is 9.35. The van der Waals surface area contributed by atoms with Crippen molar-refractivity contribution in [3.05, 3.63) is 0 Å². The van der Waals surface area contributed by atoms with E-state index in [4.69, 9.17) is 0 Å². The molecule has 0 saturated carbocycles. The van der Waals surface area contributed by atoms with Crippen molar-refractivity contribution in [2.24, 2.45) is 5.92 Å². The minimum atomic E-state index is -0.167. The van der Waals surface area contributed by atoms with Crippen LogP contribution in [0.3, 0.4) is 0 Å². The van der Waals surface area contributed by atoms with Crippen molar-refractivity contribution >= 4 is 11.8 Å². The highest BCUT2D eigenvalue weighted by molar-refractivity contribution is 5.88. The van der Waals surface area contributed by atoms with Crippen molar-refractivity contribution in [2.75, 3.05) is 6.54 Å². The first-order chi connectivity index (χ1) is 5.43. The van der Waals surface area contributed by atoms with E-state index in [1.54, 1.807) is 0 Å². The SMILES string of the molecule is CC(=O)NC[C@@H]1C(=O)NC1(C)C. The Morgan fingerprint density at radius 3 is 2.58 bits per heavy atom. The van der Waals surface area contributed by atoms with Gasteiger partial charge >= 0.3 is 0 Å². The maximum absolute atomic E-state index is 11.0. The predicted octanol–water partition coefficient (Wildman–Crippen LogP) is -0.353. The summed E-state index contributed by atoms with van der Waals surface area (Å²) in [6.45, 7) is 5.78. The fraction of sp³-hybridized carbons (Fsp3) is 0.750. The molecule has 12 heavy (non-hydrogen) atoms. The lowest BCUT2D eigenvalue weighted by molar-refractivity contribution is -0.139. The first-order valence-corrected chi connectivity index (χ1v) is 4.00. The van der Waals surface area contributed by atoms with Gasteiger partial charge in [0.15, 0.2) is 0 Å². The standard InChI is InChI=1S/C8H14N2O2/c1-5(11)9-4-6-7(12)10-8(6,2)3/h6H,4H2,1-3H3,(H,9,11)(H,10,12)/t6-/m1/s1. The van der Waals surface area contributed by atoms with Crippen LogP contribution in [-0.4, -0.2) is 23.9 Å². The van der Waals surface area contributed by atoms with E-state index < -0.39 is 0 Å². The van der Waals surface area contributed by atoms with E-state index in [1.165, 1.54) is 6.92 Å². The number of carbonyl (C=O) groups is 2. The Labute approximate surface area is 71.7 Å². The van der Waals surface area contributed by atoms with Crippen LogP contribution in [0.1, 0.15) is 20.8 Å². The van der Waals surface area contributed by atoms with E-state index >= 15 is 0 Å². The molecular formula is C8H14N2O2. The molecule has 2 amide bonds. The molecule has 0 aromatic rings. The van der Waals surface area contributed by atoms with Gasteiger partial charge in [-0.05, 0) is 13.8 Å². The first kappa shape index (κ1) is 9.03. The minimum Gasteiger partial charge on any atom is -0.355 e. The highest BCUT2D eigenvalue weighted by Crippen LogP contribution is 2.25. The maximum atomic E-state index is 11.0. The number of nitrogens with one attached hydrogen (secondary N) is 2. The van der Waals surface area contributed by atoms with Gasteiger partial charge in [-0.15, -0.1) is 0 Å². The molecule has 68 valence electrons. The monoisotopic (exact) mass is 170 g/mol. The fourth-order valence-corrected chi connectivity index (χ4v) is 1.34. The summed E-state index contributed by atoms with van der Waals surface area (Å²) in [5, 5.41) is 5.40. The zero-order valence-corrected chi connectivity index (χ0v) is 7.60. The molecule has 0 radical (unpaired) electrons. The van der Waals surface area contributed by atoms with Crippen LogP contribution in [-0.2, 0) is 9.59 Å². The van der Waals surface area contributed by atoms with Crippen LogP contribution in [0.25, 0.3) is 0 Å². The van der Waals surface area contributed by atoms with E-state index in [-0.39, 0.29) is 23.3 Å². The van der Waals surface area contributed by atoms with Crippen molar-refractivity contribution in [3.8, 4) is 0 Å². The summed E-state index contributed by atoms with van der Waals surface area (Å²) in [5.41, 5.74) is -0.167. The zero-order valence-electron chi connectivity index (χ0n) is 7.60. The third-order valence-corrected chi connectivity index (χ3v) is 2.19. The molecule has 0 aromatic heterocycles. The summed E-state index contributed by atoms with van der Waals surface area (Å²) < 4.78 is 0. The average molecular weight is 170 g/mol. The number of β-lactam (4-membered cyclic amide) rings is 1. The Kier molecular flexibility index (Phi) is 2.08. The van der Waals surface area contributed by atoms with E-state index in [9.17, 15) is 9.59 Å². The molecule has 1 aliphatic rings. The molecule has 2 N–H and O–H groups in total. The van der Waals surface area contributed by atoms with Gasteiger partial charge in [0.2, 0.25) is 11.8 Å². The number of hydrogen-bond acceptors (Lipinski definition) is 2. The molecular weight excluding hydrogens is 156 g/mol. The maximum Gasteiger partial charge on any atom is 0.227 e. The summed E-state index contributed by atoms with van der Waals surface area (Å²) in [4.78, 5) is 21.6. The average Bonchev–Trinajstić information content (AvgIpc) is 1.84. The highest BCUT2D eigenvalue weighted by Gasteiger charge is 2.45. The third-order valence-electron chi connectivity index (χ3n) is 2.19. The van der Waals surface area contributed by atoms with Gasteiger partial charge in [-0.2, -0.15) is 0 Å². The molecule has 0 aromatic carbocycles. The fourth-order valence-electron chi connectivity index (χ4n) is 1.34. The van der Waals surface area contributed by atoms with Crippen LogP contribution in [0.4, 0.5) is 0 Å². The van der Waals surface area contributed by atoms with Gasteiger partial charge < -0.3 is 10.6 Å². The Hall–Kier alpha value is -1.06. The van der Waals surface area contributed by atoms with Gasteiger partial charge in [-0.25, -0.2) is 0 Å². The molecule has 0 spiro atoms. The molecule has 1 fully saturated rings. The van der Waals surface area contributed by atoms with Crippen LogP contribution in [0, 0.1) is 5.92 Å². The van der Waals surface area contributed by atoms with Crippen LogP contribution in [0.5, 0.6) is 0 Å². The molecule has 0 unspecified atom stereocenters. The minimum absolute atomic E-state index is 0.0220. The lowest BCUT2D eigenvalue weighted by Gasteiger charge is -2.44. The first-order valence-electron chi connectivity index (χ1n) is 4.00. The van der Waals surface area contributed by atoms with Crippen molar-refractivity contribution in [2.45, 2.75) is 26.3 Å². The molecule has 0 aliphatic carbocycles. The Bertz CT molecular complexity index is 223. The van der Waals surface area contributed by atoms with Gasteiger partial charge in [-0.3, -0.25) is 9.59 Å². The molecule has 1 saturated heterocycles. The van der Waals surface area contributed by atoms with E-state index in [1.807, 2.05) is 13.8 Å². The largest absolute Gasteiger partial charge is 0.355 e. The number of carbonyl (C=O) groups excluding carboxylic acids is 2. The summed E-state index contributed by atoms with van der Waals surface area (Å²) in [6, 6.07) is 0. The highest BCUT2D eigenvalue weighted by atomic mass is 16.2. The number of rotatable bonds is 2. The second kappa shape index (κ2) is 2.77. The van der Waals surface area contributed by atoms with Gasteiger partial charge in [0.1, 0.15) is 0 Å². The second-order valence-corrected chi connectivity index (χ2v) is 3.70. The van der Waals surface area contributed by atoms with Crippen molar-refractivity contribution in [1.29, 1.82) is 0 Å². The lowest BCUT2D eigenvalue weighted by atomic mass is 9.79. The molecule has 1 atom stereocenters. The van der Waals surface area contributed by atoms with Crippen LogP contribution >= 0.6 is 0 Å². The normalized spacial score (nSPS) is 25.6. The molecule has 0 bridgehead atoms. The van der Waals surface area contributed by atoms with Gasteiger partial charge in [0.05, 0.1) is 5.92 Å². The van der Waals surface area contributed by atoms with Crippen LogP contribution < -0.4 is 10.6 Å². The summed E-state index contributed by atoms with van der Waals surface area (Å²) in [5.74, 6) is -0.152. The quantitative estimate of drug-likeness (QED) is 0.556. The van der Waals surface area contributed by atoms with E-state index in [0.717, 1.165) is 0 Å². The van der Waals surface area contributed by atoms with Crippen LogP contribution in [0.15, 0.2) is 0 Å². The summed E-state index contributed by atoms with van der Waals surface area (Å²) >= 11 is 0. The Morgan fingerprint density at radius 2 is 2.25 bits per heavy atom. The molecule has 4 heteroatoms. The van der Waals surface area contributed by atoms with Gasteiger partial charge in [0.25, 0.3) is 0 Å². The molecule has 4 nitrogen and oxygen atoms in total. The topological polar surface area (TPSA) is 58.2 Å². The number of amides is 2. The van der Waals surface area contributed by atoms with E-state index in [0.29, 0.717) is 6.54 Å². The van der Waals surface area contributed by atoms with Gasteiger partial charge in [-0.1, -0.05) is 0 Å². The third kappa shape index (κ3) is 1.57. The van der Waals surface area contributed by atoms with Crippen LogP contribution in [0.2, 0.25) is 0 Å². The molecule has 1 aliphatic heterocycles. The lowest BCUT2D eigenvalue weighted by Crippen LogP contribution is -2.68. The van der Waals surface area contributed by atoms with Gasteiger partial charge in [0, 0.05) is 19.0 Å². The summed E-state index contributed by atoms with van der Waals surface area (Å²) in [7, 11) is 0. The Morgan fingerprint density at radius 1 is 1.67 bits per heavy atom. The Balaban J connectivity index is 2.41. The second-order valence-electron chi connectivity index (χ2n) is 3.70. The van der Waals surface area contributed by atoms with Crippen molar-refractivity contribution in [3.63, 3.8) is 0 Å². The predicted molar refractivity (Wildman–Crippen MR) is 44.4 cm³/mol. The smallest absolute Gasteiger partial charge is 0.227 e. The molecule has 1 rings (SSSR count). The van der Waals surface area contributed by atoms with E-state index in [2.05, 4.69) is 10.6 Å².